The summed E-state index contributed by atoms with van der Waals surface area (Å²) in [5.41, 5.74) is 3.21. The highest BCUT2D eigenvalue weighted by Crippen LogP contribution is 2.34. The van der Waals surface area contributed by atoms with Crippen molar-refractivity contribution >= 4 is 17.5 Å². The summed E-state index contributed by atoms with van der Waals surface area (Å²) in [6.45, 7) is 1.66. The first kappa shape index (κ1) is 15.7. The van der Waals surface area contributed by atoms with Crippen LogP contribution >= 0.6 is 0 Å². The van der Waals surface area contributed by atoms with Crippen LogP contribution in [0.1, 0.15) is 47.4 Å². The number of ether oxygens (including phenoxy) is 1. The maximum absolute atomic E-state index is 12.9. The SMILES string of the molecule is C[C@H]1Oc2c(cccc2C(=O)N[C@H]2CCCc3c2cnn3C)NC1=O. The maximum atomic E-state index is 12.9. The number of carbonyl (C=O) groups excluding carboxylic acids is 2. The summed E-state index contributed by atoms with van der Waals surface area (Å²) >= 11 is 0. The monoisotopic (exact) mass is 340 g/mol. The number of rotatable bonds is 2. The van der Waals surface area contributed by atoms with Crippen molar-refractivity contribution in [2.75, 3.05) is 5.32 Å². The summed E-state index contributed by atoms with van der Waals surface area (Å²) in [4.78, 5) is 24.6. The number of nitrogens with one attached hydrogen (secondary N) is 2. The van der Waals surface area contributed by atoms with Crippen LogP contribution in [0.2, 0.25) is 0 Å². The molecular formula is C18H20N4O3. The van der Waals surface area contributed by atoms with Gasteiger partial charge in [0.1, 0.15) is 0 Å². The van der Waals surface area contributed by atoms with E-state index in [9.17, 15) is 9.59 Å². The van der Waals surface area contributed by atoms with E-state index >= 15 is 0 Å². The number of para-hydroxylation sites is 1. The molecule has 0 unspecified atom stereocenters. The van der Waals surface area contributed by atoms with Crippen LogP contribution in [0.5, 0.6) is 5.75 Å². The zero-order valence-corrected chi connectivity index (χ0v) is 14.2. The van der Waals surface area contributed by atoms with E-state index in [0.717, 1.165) is 24.8 Å². The molecular weight excluding hydrogens is 320 g/mol. The lowest BCUT2D eigenvalue weighted by atomic mass is 9.92. The highest BCUT2D eigenvalue weighted by atomic mass is 16.5. The van der Waals surface area contributed by atoms with Crippen LogP contribution in [0, 0.1) is 0 Å². The molecule has 2 N–H and O–H groups in total. The fourth-order valence-corrected chi connectivity index (χ4v) is 3.50. The number of benzene rings is 1. The second-order valence-corrected chi connectivity index (χ2v) is 6.52. The fraction of sp³-hybridized carbons (Fsp3) is 0.389. The maximum Gasteiger partial charge on any atom is 0.265 e. The van der Waals surface area contributed by atoms with Gasteiger partial charge in [0.05, 0.1) is 23.5 Å². The Hall–Kier alpha value is -2.83. The molecule has 0 fully saturated rings. The molecule has 0 bridgehead atoms. The van der Waals surface area contributed by atoms with Crippen molar-refractivity contribution in [3.63, 3.8) is 0 Å². The molecule has 0 saturated heterocycles. The Kier molecular flexibility index (Phi) is 3.71. The van der Waals surface area contributed by atoms with Crippen molar-refractivity contribution in [3.8, 4) is 5.75 Å². The lowest BCUT2D eigenvalue weighted by Gasteiger charge is -2.27. The van der Waals surface area contributed by atoms with Gasteiger partial charge in [-0.15, -0.1) is 0 Å². The van der Waals surface area contributed by atoms with Crippen LogP contribution in [-0.2, 0) is 18.3 Å². The summed E-state index contributed by atoms with van der Waals surface area (Å²) in [7, 11) is 1.93. The molecule has 7 heteroatoms. The van der Waals surface area contributed by atoms with E-state index in [1.165, 1.54) is 5.69 Å². The molecule has 7 nitrogen and oxygen atoms in total. The van der Waals surface area contributed by atoms with Gasteiger partial charge in [0.15, 0.2) is 11.9 Å². The zero-order valence-electron chi connectivity index (χ0n) is 14.2. The van der Waals surface area contributed by atoms with E-state index in [1.54, 1.807) is 25.1 Å². The largest absolute Gasteiger partial charge is 0.478 e. The van der Waals surface area contributed by atoms with Gasteiger partial charge in [-0.05, 0) is 38.3 Å². The number of amides is 2. The second kappa shape index (κ2) is 5.91. The predicted octanol–water partition coefficient (Wildman–Crippen LogP) is 1.95. The van der Waals surface area contributed by atoms with Gasteiger partial charge in [0.2, 0.25) is 0 Å². The Balaban J connectivity index is 1.61. The number of hydrogen-bond acceptors (Lipinski definition) is 4. The van der Waals surface area contributed by atoms with Gasteiger partial charge in [0, 0.05) is 18.3 Å². The third-order valence-corrected chi connectivity index (χ3v) is 4.86. The van der Waals surface area contributed by atoms with E-state index in [2.05, 4.69) is 15.7 Å². The van der Waals surface area contributed by atoms with Crippen molar-refractivity contribution < 1.29 is 14.3 Å². The standard InChI is InChI=1S/C18H20N4O3/c1-10-17(23)21-14-7-3-5-11(16(14)25-10)18(24)20-13-6-4-8-15-12(13)9-19-22(15)2/h3,5,7,9-10,13H,4,6,8H2,1-2H3,(H,20,24)(H,21,23)/t10-,13+/m1/s1. The molecule has 0 spiro atoms. The van der Waals surface area contributed by atoms with E-state index in [1.807, 2.05) is 17.9 Å². The highest BCUT2D eigenvalue weighted by Gasteiger charge is 2.30. The van der Waals surface area contributed by atoms with Crippen LogP contribution in [0.3, 0.4) is 0 Å². The number of nitrogens with zero attached hydrogens (tertiary/aromatic N) is 2. The number of aryl methyl sites for hydroxylation is 1. The lowest BCUT2D eigenvalue weighted by Crippen LogP contribution is -2.36. The van der Waals surface area contributed by atoms with Gasteiger partial charge < -0.3 is 15.4 Å². The second-order valence-electron chi connectivity index (χ2n) is 6.52. The number of carbonyl (C=O) groups is 2. The van der Waals surface area contributed by atoms with Crippen LogP contribution in [0.4, 0.5) is 5.69 Å². The number of hydrogen-bond donors (Lipinski definition) is 2. The molecule has 2 aliphatic rings. The Morgan fingerprint density at radius 1 is 1.44 bits per heavy atom. The van der Waals surface area contributed by atoms with Crippen LogP contribution in [0.25, 0.3) is 0 Å². The topological polar surface area (TPSA) is 85.2 Å². The molecule has 1 aromatic heterocycles. The predicted molar refractivity (Wildman–Crippen MR) is 91.5 cm³/mol. The summed E-state index contributed by atoms with van der Waals surface area (Å²) in [5, 5.41) is 10.2. The molecule has 4 rings (SSSR count). The molecule has 2 atom stereocenters. The lowest BCUT2D eigenvalue weighted by molar-refractivity contribution is -0.122. The average Bonchev–Trinajstić information content (AvgIpc) is 2.98. The van der Waals surface area contributed by atoms with Gasteiger partial charge >= 0.3 is 0 Å². The molecule has 1 aliphatic heterocycles. The molecule has 0 saturated carbocycles. The molecule has 25 heavy (non-hydrogen) atoms. The first-order valence-electron chi connectivity index (χ1n) is 8.46. The highest BCUT2D eigenvalue weighted by molar-refractivity contribution is 6.04. The number of fused-ring (bicyclic) bond motifs is 2. The van der Waals surface area contributed by atoms with Crippen LogP contribution in [-0.4, -0.2) is 27.7 Å². The van der Waals surface area contributed by atoms with Crippen molar-refractivity contribution in [2.24, 2.45) is 7.05 Å². The summed E-state index contributed by atoms with van der Waals surface area (Å²) in [6, 6.07) is 5.13. The van der Waals surface area contributed by atoms with Crippen LogP contribution in [0.15, 0.2) is 24.4 Å². The Labute approximate surface area is 145 Å². The summed E-state index contributed by atoms with van der Waals surface area (Å²) in [6.07, 6.45) is 4.08. The van der Waals surface area contributed by atoms with Gasteiger partial charge in [-0.3, -0.25) is 14.3 Å². The number of aromatic nitrogens is 2. The molecule has 2 heterocycles. The smallest absolute Gasteiger partial charge is 0.265 e. The van der Waals surface area contributed by atoms with E-state index in [0.29, 0.717) is 17.0 Å². The Morgan fingerprint density at radius 3 is 3.12 bits per heavy atom. The van der Waals surface area contributed by atoms with Gasteiger partial charge in [0.25, 0.3) is 11.8 Å². The minimum absolute atomic E-state index is 0.0589. The van der Waals surface area contributed by atoms with Gasteiger partial charge in [-0.2, -0.15) is 5.10 Å². The number of anilines is 1. The third-order valence-electron chi connectivity index (χ3n) is 4.86. The van der Waals surface area contributed by atoms with Crippen molar-refractivity contribution in [3.05, 3.63) is 41.2 Å². The fourth-order valence-electron chi connectivity index (χ4n) is 3.50. The molecule has 2 amide bonds. The van der Waals surface area contributed by atoms with Crippen molar-refractivity contribution in [1.29, 1.82) is 0 Å². The first-order chi connectivity index (χ1) is 12.0. The summed E-state index contributed by atoms with van der Waals surface area (Å²) < 4.78 is 7.54. The Morgan fingerprint density at radius 2 is 2.28 bits per heavy atom. The first-order valence-corrected chi connectivity index (χ1v) is 8.46. The quantitative estimate of drug-likeness (QED) is 0.875. The third kappa shape index (κ3) is 2.65. The zero-order chi connectivity index (χ0) is 17.6. The van der Waals surface area contributed by atoms with Crippen molar-refractivity contribution in [1.82, 2.24) is 15.1 Å². The van der Waals surface area contributed by atoms with E-state index in [-0.39, 0.29) is 17.9 Å². The van der Waals surface area contributed by atoms with Crippen LogP contribution < -0.4 is 15.4 Å². The van der Waals surface area contributed by atoms with Gasteiger partial charge in [-0.1, -0.05) is 6.07 Å². The summed E-state index contributed by atoms with van der Waals surface area (Å²) in [5.74, 6) is 0.00793. The molecule has 1 aromatic carbocycles. The van der Waals surface area contributed by atoms with E-state index < -0.39 is 6.10 Å². The molecule has 130 valence electrons. The minimum Gasteiger partial charge on any atom is -0.478 e. The normalized spacial score (nSPS) is 21.6. The average molecular weight is 340 g/mol. The Bertz CT molecular complexity index is 858. The molecule has 2 aromatic rings. The van der Waals surface area contributed by atoms with E-state index in [4.69, 9.17) is 4.74 Å². The molecule has 1 aliphatic carbocycles. The van der Waals surface area contributed by atoms with Gasteiger partial charge in [-0.25, -0.2) is 0 Å². The minimum atomic E-state index is -0.624. The van der Waals surface area contributed by atoms with Crippen molar-refractivity contribution in [2.45, 2.75) is 38.3 Å². The molecule has 0 radical (unpaired) electrons.